The molecule has 1 amide bonds. The molecule has 3 heteroatoms. The summed E-state index contributed by atoms with van der Waals surface area (Å²) in [6.07, 6.45) is 2.84. The predicted octanol–water partition coefficient (Wildman–Crippen LogP) is 2.74. The Kier molecular flexibility index (Phi) is 2.36. The van der Waals surface area contributed by atoms with Gasteiger partial charge in [-0.2, -0.15) is 0 Å². The topological polar surface area (TPSA) is 46.3 Å². The Morgan fingerprint density at radius 1 is 1.26 bits per heavy atom. The van der Waals surface area contributed by atoms with Crippen LogP contribution in [0.1, 0.15) is 38.3 Å². The van der Waals surface area contributed by atoms with E-state index in [9.17, 15) is 4.79 Å². The van der Waals surface area contributed by atoms with Crippen LogP contribution >= 0.6 is 0 Å². The van der Waals surface area contributed by atoms with E-state index in [1.807, 2.05) is 30.9 Å². The summed E-state index contributed by atoms with van der Waals surface area (Å²) in [5, 5.41) is 0. The Morgan fingerprint density at radius 3 is 2.63 bits per heavy atom. The average Bonchev–Trinajstić information content (AvgIpc) is 2.62. The van der Waals surface area contributed by atoms with Crippen molar-refractivity contribution in [2.75, 3.05) is 0 Å². The minimum atomic E-state index is -0.489. The molecule has 0 fully saturated rings. The Bertz CT molecular complexity index is 642. The van der Waals surface area contributed by atoms with Crippen molar-refractivity contribution >= 4 is 12.0 Å². The SMILES string of the molecule is CCC12C(N)=C(C)C(=O)N1C(C)=Cc1ccccc12. The minimum absolute atomic E-state index is 0.0302. The van der Waals surface area contributed by atoms with Crippen LogP contribution in [-0.2, 0) is 10.3 Å². The first kappa shape index (κ1) is 12.0. The molecule has 0 spiro atoms. The van der Waals surface area contributed by atoms with E-state index < -0.39 is 5.54 Å². The summed E-state index contributed by atoms with van der Waals surface area (Å²) < 4.78 is 0. The zero-order valence-electron chi connectivity index (χ0n) is 11.5. The number of carbonyl (C=O) groups is 1. The highest BCUT2D eigenvalue weighted by Crippen LogP contribution is 2.49. The van der Waals surface area contributed by atoms with Gasteiger partial charge in [0.25, 0.3) is 5.91 Å². The Morgan fingerprint density at radius 2 is 1.95 bits per heavy atom. The number of rotatable bonds is 1. The molecule has 1 aromatic rings. The maximum atomic E-state index is 12.5. The van der Waals surface area contributed by atoms with Gasteiger partial charge in [-0.3, -0.25) is 9.69 Å². The summed E-state index contributed by atoms with van der Waals surface area (Å²) in [6, 6.07) is 8.19. The number of fused-ring (bicyclic) bond motifs is 3. The molecule has 0 aromatic heterocycles. The normalized spacial score (nSPS) is 25.3. The van der Waals surface area contributed by atoms with Gasteiger partial charge in [-0.25, -0.2) is 0 Å². The lowest BCUT2D eigenvalue weighted by atomic mass is 9.78. The molecule has 2 aliphatic rings. The van der Waals surface area contributed by atoms with Crippen molar-refractivity contribution in [1.29, 1.82) is 0 Å². The fourth-order valence-electron chi connectivity index (χ4n) is 3.44. The second kappa shape index (κ2) is 3.73. The van der Waals surface area contributed by atoms with Crippen LogP contribution in [0.25, 0.3) is 6.08 Å². The molecule has 0 radical (unpaired) electrons. The van der Waals surface area contributed by atoms with Crippen molar-refractivity contribution in [2.24, 2.45) is 5.73 Å². The number of amides is 1. The first-order chi connectivity index (χ1) is 9.04. The van der Waals surface area contributed by atoms with Crippen molar-refractivity contribution in [3.05, 3.63) is 52.4 Å². The lowest BCUT2D eigenvalue weighted by Gasteiger charge is -2.43. The summed E-state index contributed by atoms with van der Waals surface area (Å²) in [5.74, 6) is 0.0302. The molecule has 3 rings (SSSR count). The molecular formula is C16H18N2O. The molecule has 1 aromatic carbocycles. The van der Waals surface area contributed by atoms with Crippen molar-refractivity contribution in [2.45, 2.75) is 32.7 Å². The van der Waals surface area contributed by atoms with E-state index >= 15 is 0 Å². The van der Waals surface area contributed by atoms with Crippen molar-refractivity contribution in [1.82, 2.24) is 4.90 Å². The van der Waals surface area contributed by atoms with E-state index in [-0.39, 0.29) is 5.91 Å². The molecule has 3 nitrogen and oxygen atoms in total. The molecule has 2 aliphatic heterocycles. The zero-order chi connectivity index (χ0) is 13.8. The van der Waals surface area contributed by atoms with Gasteiger partial charge in [0.05, 0.1) is 0 Å². The second-order valence-corrected chi connectivity index (χ2v) is 5.27. The van der Waals surface area contributed by atoms with Crippen LogP contribution in [0.5, 0.6) is 0 Å². The van der Waals surface area contributed by atoms with Crippen LogP contribution in [0.15, 0.2) is 41.2 Å². The molecule has 0 bridgehead atoms. The molecule has 0 saturated heterocycles. The van der Waals surface area contributed by atoms with Crippen LogP contribution in [0.3, 0.4) is 0 Å². The number of carbonyl (C=O) groups excluding carboxylic acids is 1. The van der Waals surface area contributed by atoms with Gasteiger partial charge in [-0.15, -0.1) is 0 Å². The highest BCUT2D eigenvalue weighted by molar-refractivity contribution is 6.00. The number of hydrogen-bond donors (Lipinski definition) is 1. The number of hydrogen-bond acceptors (Lipinski definition) is 2. The van der Waals surface area contributed by atoms with E-state index in [1.165, 1.54) is 0 Å². The largest absolute Gasteiger partial charge is 0.399 e. The molecule has 0 saturated carbocycles. The fourth-order valence-corrected chi connectivity index (χ4v) is 3.44. The molecular weight excluding hydrogens is 236 g/mol. The second-order valence-electron chi connectivity index (χ2n) is 5.27. The molecule has 19 heavy (non-hydrogen) atoms. The van der Waals surface area contributed by atoms with Gasteiger partial charge in [0.15, 0.2) is 0 Å². The van der Waals surface area contributed by atoms with Gasteiger partial charge < -0.3 is 5.73 Å². The fraction of sp³-hybridized carbons (Fsp3) is 0.312. The highest BCUT2D eigenvalue weighted by Gasteiger charge is 2.52. The van der Waals surface area contributed by atoms with Gasteiger partial charge in [0.2, 0.25) is 0 Å². The number of nitrogens with two attached hydrogens (primary N) is 1. The third-order valence-corrected chi connectivity index (χ3v) is 4.39. The lowest BCUT2D eigenvalue weighted by Crippen LogP contribution is -2.48. The van der Waals surface area contributed by atoms with Crippen molar-refractivity contribution in [3.8, 4) is 0 Å². The molecule has 1 unspecified atom stereocenters. The van der Waals surface area contributed by atoms with E-state index in [2.05, 4.69) is 25.1 Å². The van der Waals surface area contributed by atoms with Crippen LogP contribution < -0.4 is 5.73 Å². The van der Waals surface area contributed by atoms with Gasteiger partial charge >= 0.3 is 0 Å². The predicted molar refractivity (Wildman–Crippen MR) is 75.8 cm³/mol. The Balaban J connectivity index is 2.39. The van der Waals surface area contributed by atoms with Gasteiger partial charge in [-0.1, -0.05) is 31.2 Å². The molecule has 2 N–H and O–H groups in total. The third-order valence-electron chi connectivity index (χ3n) is 4.39. The van der Waals surface area contributed by atoms with E-state index in [0.29, 0.717) is 11.3 Å². The summed E-state index contributed by atoms with van der Waals surface area (Å²) in [7, 11) is 0. The Labute approximate surface area is 113 Å². The van der Waals surface area contributed by atoms with Gasteiger partial charge in [0, 0.05) is 17.0 Å². The standard InChI is InChI=1S/C16H18N2O/c1-4-16-13-8-6-5-7-12(13)9-10(2)18(16)15(19)11(3)14(16)17/h5-9H,4,17H2,1-3H3. The van der Waals surface area contributed by atoms with E-state index in [0.717, 1.165) is 23.2 Å². The van der Waals surface area contributed by atoms with Crippen LogP contribution in [0.4, 0.5) is 0 Å². The number of benzene rings is 1. The summed E-state index contributed by atoms with van der Waals surface area (Å²) in [6.45, 7) is 5.88. The lowest BCUT2D eigenvalue weighted by molar-refractivity contribution is -0.127. The summed E-state index contributed by atoms with van der Waals surface area (Å²) >= 11 is 0. The maximum Gasteiger partial charge on any atom is 0.256 e. The quantitative estimate of drug-likeness (QED) is 0.837. The van der Waals surface area contributed by atoms with Crippen LogP contribution in [0.2, 0.25) is 0 Å². The summed E-state index contributed by atoms with van der Waals surface area (Å²) in [5.41, 5.74) is 10.5. The molecule has 0 aliphatic carbocycles. The van der Waals surface area contributed by atoms with Crippen molar-refractivity contribution < 1.29 is 4.79 Å². The van der Waals surface area contributed by atoms with E-state index in [1.54, 1.807) is 0 Å². The molecule has 98 valence electrons. The zero-order valence-corrected chi connectivity index (χ0v) is 11.5. The third kappa shape index (κ3) is 1.25. The van der Waals surface area contributed by atoms with Gasteiger partial charge in [0.1, 0.15) is 5.54 Å². The van der Waals surface area contributed by atoms with Crippen molar-refractivity contribution in [3.63, 3.8) is 0 Å². The maximum absolute atomic E-state index is 12.5. The van der Waals surface area contributed by atoms with Crippen LogP contribution in [0, 0.1) is 0 Å². The minimum Gasteiger partial charge on any atom is -0.399 e. The highest BCUT2D eigenvalue weighted by atomic mass is 16.2. The molecule has 1 atom stereocenters. The number of allylic oxidation sites excluding steroid dienone is 1. The smallest absolute Gasteiger partial charge is 0.256 e. The monoisotopic (exact) mass is 254 g/mol. The van der Waals surface area contributed by atoms with Gasteiger partial charge in [-0.05, 0) is 37.5 Å². The summed E-state index contributed by atoms with van der Waals surface area (Å²) in [4.78, 5) is 14.3. The molecule has 2 heterocycles. The Hall–Kier alpha value is -2.03. The first-order valence-corrected chi connectivity index (χ1v) is 6.63. The average molecular weight is 254 g/mol. The first-order valence-electron chi connectivity index (χ1n) is 6.63. The number of nitrogens with zero attached hydrogens (tertiary/aromatic N) is 1. The van der Waals surface area contributed by atoms with E-state index in [4.69, 9.17) is 5.73 Å². The van der Waals surface area contributed by atoms with Crippen LogP contribution in [-0.4, -0.2) is 10.8 Å².